The lowest BCUT2D eigenvalue weighted by Gasteiger charge is -2.29. The highest BCUT2D eigenvalue weighted by molar-refractivity contribution is 6.34. The second-order valence-corrected chi connectivity index (χ2v) is 6.61. The predicted octanol–water partition coefficient (Wildman–Crippen LogP) is 3.15. The molecule has 154 valence electrons. The normalized spacial score (nSPS) is 15.8. The van der Waals surface area contributed by atoms with Crippen LogP contribution in [0.5, 0.6) is 5.75 Å². The van der Waals surface area contributed by atoms with Crippen molar-refractivity contribution in [2.75, 3.05) is 26.7 Å². The Morgan fingerprint density at radius 3 is 2.25 bits per heavy atom. The number of nitrogens with zero attached hydrogens (tertiary/aromatic N) is 1. The summed E-state index contributed by atoms with van der Waals surface area (Å²) < 4.78 is 5.35. The standard InChI is InChI=1S/C16H22ClNO2.C4H4O4/c1-4-18(5-2)10-11-6-7-12-14(20-3)9-8-13(17)15(12)16(11)19;5-3(6)1-2-4(7)8/h8-9,11H,4-7,10H2,1-3H3;1-2H,(H,5,6)(H,7,8)/b;2-1-. The second kappa shape index (κ2) is 11.5. The molecule has 0 saturated heterocycles. The van der Waals surface area contributed by atoms with Gasteiger partial charge in [-0.3, -0.25) is 4.79 Å². The van der Waals surface area contributed by atoms with Gasteiger partial charge in [0.25, 0.3) is 0 Å². The minimum Gasteiger partial charge on any atom is -0.496 e. The molecule has 2 N–H and O–H groups in total. The Hall–Kier alpha value is -2.38. The Bertz CT molecular complexity index is 726. The van der Waals surface area contributed by atoms with Crippen LogP contribution in [0.25, 0.3) is 0 Å². The van der Waals surface area contributed by atoms with Gasteiger partial charge in [0.15, 0.2) is 5.78 Å². The first-order valence-electron chi connectivity index (χ1n) is 9.00. The van der Waals surface area contributed by atoms with Crippen LogP contribution < -0.4 is 4.74 Å². The number of benzene rings is 1. The summed E-state index contributed by atoms with van der Waals surface area (Å²) in [4.78, 5) is 34.1. The third-order valence-electron chi connectivity index (χ3n) is 4.54. The van der Waals surface area contributed by atoms with Crippen LogP contribution in [0.3, 0.4) is 0 Å². The number of rotatable bonds is 7. The third kappa shape index (κ3) is 6.65. The van der Waals surface area contributed by atoms with Crippen molar-refractivity contribution in [3.8, 4) is 5.75 Å². The molecular formula is C20H26ClNO6. The molecule has 28 heavy (non-hydrogen) atoms. The van der Waals surface area contributed by atoms with Crippen molar-refractivity contribution in [2.45, 2.75) is 26.7 Å². The Morgan fingerprint density at radius 1 is 1.21 bits per heavy atom. The maximum absolute atomic E-state index is 12.7. The Kier molecular flexibility index (Phi) is 9.68. The lowest BCUT2D eigenvalue weighted by Crippen LogP contribution is -2.35. The average Bonchev–Trinajstić information content (AvgIpc) is 2.66. The number of carbonyl (C=O) groups is 3. The number of hydrogen-bond donors (Lipinski definition) is 2. The van der Waals surface area contributed by atoms with E-state index in [0.29, 0.717) is 22.7 Å². The molecule has 0 heterocycles. The van der Waals surface area contributed by atoms with Crippen molar-refractivity contribution < 1.29 is 29.3 Å². The summed E-state index contributed by atoms with van der Waals surface area (Å²) in [7, 11) is 1.63. The molecule has 8 heteroatoms. The van der Waals surface area contributed by atoms with Crippen LogP contribution in [-0.4, -0.2) is 59.6 Å². The van der Waals surface area contributed by atoms with Gasteiger partial charge in [-0.1, -0.05) is 25.4 Å². The maximum atomic E-state index is 12.7. The molecular weight excluding hydrogens is 386 g/mol. The van der Waals surface area contributed by atoms with E-state index in [2.05, 4.69) is 18.7 Å². The molecule has 1 unspecified atom stereocenters. The van der Waals surface area contributed by atoms with Crippen LogP contribution in [0.1, 0.15) is 36.2 Å². The van der Waals surface area contributed by atoms with E-state index in [1.54, 1.807) is 13.2 Å². The Balaban J connectivity index is 0.000000416. The Labute approximate surface area is 169 Å². The fourth-order valence-electron chi connectivity index (χ4n) is 3.07. The molecule has 1 aromatic carbocycles. The molecule has 0 aliphatic heterocycles. The van der Waals surface area contributed by atoms with Crippen molar-refractivity contribution in [3.63, 3.8) is 0 Å². The smallest absolute Gasteiger partial charge is 0.328 e. The largest absolute Gasteiger partial charge is 0.496 e. The van der Waals surface area contributed by atoms with E-state index in [0.717, 1.165) is 43.8 Å². The zero-order valence-corrected chi connectivity index (χ0v) is 17.0. The van der Waals surface area contributed by atoms with Gasteiger partial charge in [-0.2, -0.15) is 0 Å². The van der Waals surface area contributed by atoms with Gasteiger partial charge in [0.1, 0.15) is 5.75 Å². The summed E-state index contributed by atoms with van der Waals surface area (Å²) in [6, 6.07) is 3.61. The number of fused-ring (bicyclic) bond motifs is 1. The monoisotopic (exact) mass is 411 g/mol. The van der Waals surface area contributed by atoms with Crippen LogP contribution in [0.4, 0.5) is 0 Å². The van der Waals surface area contributed by atoms with E-state index < -0.39 is 11.9 Å². The molecule has 0 fully saturated rings. The van der Waals surface area contributed by atoms with Crippen LogP contribution in [0.15, 0.2) is 24.3 Å². The molecule has 0 spiro atoms. The summed E-state index contributed by atoms with van der Waals surface area (Å²) in [5, 5.41) is 16.2. The van der Waals surface area contributed by atoms with E-state index in [1.165, 1.54) is 0 Å². The highest BCUT2D eigenvalue weighted by Crippen LogP contribution is 2.36. The highest BCUT2D eigenvalue weighted by atomic mass is 35.5. The van der Waals surface area contributed by atoms with Crippen molar-refractivity contribution in [2.24, 2.45) is 5.92 Å². The number of ether oxygens (including phenoxy) is 1. The molecule has 1 atom stereocenters. The van der Waals surface area contributed by atoms with E-state index >= 15 is 0 Å². The maximum Gasteiger partial charge on any atom is 0.328 e. The lowest BCUT2D eigenvalue weighted by atomic mass is 9.82. The molecule has 0 amide bonds. The third-order valence-corrected chi connectivity index (χ3v) is 4.86. The number of carboxylic acid groups (broad SMARTS) is 2. The summed E-state index contributed by atoms with van der Waals surface area (Å²) >= 11 is 6.25. The van der Waals surface area contributed by atoms with E-state index in [-0.39, 0.29) is 11.7 Å². The number of methoxy groups -OCH3 is 1. The van der Waals surface area contributed by atoms with Crippen LogP contribution >= 0.6 is 11.6 Å². The van der Waals surface area contributed by atoms with Gasteiger partial charge in [0.05, 0.1) is 12.1 Å². The minimum absolute atomic E-state index is 0.0482. The zero-order chi connectivity index (χ0) is 21.3. The van der Waals surface area contributed by atoms with Crippen molar-refractivity contribution in [1.29, 1.82) is 0 Å². The number of Topliss-reactive ketones (excluding diaryl/α,β-unsaturated/α-hetero) is 1. The summed E-state index contributed by atoms with van der Waals surface area (Å²) in [5.41, 5.74) is 1.65. The summed E-state index contributed by atoms with van der Waals surface area (Å²) in [6.45, 7) is 7.01. The van der Waals surface area contributed by atoms with E-state index in [1.807, 2.05) is 6.07 Å². The van der Waals surface area contributed by atoms with Crippen LogP contribution in [-0.2, 0) is 16.0 Å². The number of carboxylic acids is 2. The predicted molar refractivity (Wildman–Crippen MR) is 106 cm³/mol. The molecule has 0 saturated carbocycles. The topological polar surface area (TPSA) is 104 Å². The van der Waals surface area contributed by atoms with Gasteiger partial charge in [-0.15, -0.1) is 0 Å². The number of aliphatic carboxylic acids is 2. The molecule has 0 radical (unpaired) electrons. The van der Waals surface area contributed by atoms with Crippen molar-refractivity contribution in [3.05, 3.63) is 40.4 Å². The molecule has 2 rings (SSSR count). The Morgan fingerprint density at radius 2 is 1.79 bits per heavy atom. The van der Waals surface area contributed by atoms with Crippen LogP contribution in [0.2, 0.25) is 5.02 Å². The number of ketones is 1. The molecule has 1 aliphatic carbocycles. The average molecular weight is 412 g/mol. The molecule has 0 bridgehead atoms. The van der Waals surface area contributed by atoms with Gasteiger partial charge in [-0.25, -0.2) is 9.59 Å². The highest BCUT2D eigenvalue weighted by Gasteiger charge is 2.32. The van der Waals surface area contributed by atoms with Crippen LogP contribution in [0, 0.1) is 5.92 Å². The van der Waals surface area contributed by atoms with Gasteiger partial charge in [0, 0.05) is 35.7 Å². The van der Waals surface area contributed by atoms with Gasteiger partial charge in [0.2, 0.25) is 0 Å². The van der Waals surface area contributed by atoms with Crippen molar-refractivity contribution in [1.82, 2.24) is 4.90 Å². The quantitative estimate of drug-likeness (QED) is 0.664. The van der Waals surface area contributed by atoms with Crippen molar-refractivity contribution >= 4 is 29.3 Å². The fraction of sp³-hybridized carbons (Fsp3) is 0.450. The van der Waals surface area contributed by atoms with Gasteiger partial charge in [-0.05, 0) is 38.1 Å². The zero-order valence-electron chi connectivity index (χ0n) is 16.3. The van der Waals surface area contributed by atoms with Gasteiger partial charge >= 0.3 is 11.9 Å². The second-order valence-electron chi connectivity index (χ2n) is 6.20. The molecule has 1 aliphatic rings. The van der Waals surface area contributed by atoms with Gasteiger partial charge < -0.3 is 19.8 Å². The first-order valence-corrected chi connectivity index (χ1v) is 9.38. The lowest BCUT2D eigenvalue weighted by molar-refractivity contribution is -0.134. The summed E-state index contributed by atoms with van der Waals surface area (Å²) in [5.74, 6) is -1.52. The molecule has 0 aromatic heterocycles. The minimum atomic E-state index is -1.26. The first kappa shape index (κ1) is 23.7. The van der Waals surface area contributed by atoms with E-state index in [9.17, 15) is 14.4 Å². The molecule has 7 nitrogen and oxygen atoms in total. The first-order chi connectivity index (χ1) is 13.2. The summed E-state index contributed by atoms with van der Waals surface area (Å²) in [6.07, 6.45) is 2.85. The number of hydrogen-bond acceptors (Lipinski definition) is 5. The van der Waals surface area contributed by atoms with E-state index in [4.69, 9.17) is 26.6 Å². The number of carbonyl (C=O) groups excluding carboxylic acids is 1. The number of halogens is 1. The fourth-order valence-corrected chi connectivity index (χ4v) is 3.34. The SMILES string of the molecule is CCN(CC)CC1CCc2c(OC)ccc(Cl)c2C1=O.O=C(O)/C=C\C(=O)O. The molecule has 1 aromatic rings.